The molecule has 3 aromatic rings. The van der Waals surface area contributed by atoms with Gasteiger partial charge in [-0.1, -0.05) is 47.6 Å². The number of amides is 2. The van der Waals surface area contributed by atoms with Crippen molar-refractivity contribution >= 4 is 39.3 Å². The fraction of sp³-hybridized carbons (Fsp3) is 0.312. The molecule has 0 aromatic heterocycles. The van der Waals surface area contributed by atoms with Gasteiger partial charge in [-0.3, -0.25) is 14.5 Å². The van der Waals surface area contributed by atoms with Crippen molar-refractivity contribution in [2.24, 2.45) is 10.9 Å². The SMILES string of the molecule is CS(=O)(=O)N1CCN([C@H]2C[C@@H](C(=O)Nc3ccc(C(=O)OCc4ccccc4)cc3)N(C(=O)c3ccc(/C(N)=N/O)cc3)C2)CC1. The van der Waals surface area contributed by atoms with Gasteiger partial charge in [-0.2, -0.15) is 4.31 Å². The number of amidine groups is 1. The van der Waals surface area contributed by atoms with Crippen molar-refractivity contribution in [2.75, 3.05) is 44.3 Å². The summed E-state index contributed by atoms with van der Waals surface area (Å²) < 4.78 is 30.8. The van der Waals surface area contributed by atoms with Gasteiger partial charge in [0.15, 0.2) is 5.84 Å². The zero-order chi connectivity index (χ0) is 32.8. The van der Waals surface area contributed by atoms with E-state index in [0.717, 1.165) is 5.56 Å². The molecule has 46 heavy (non-hydrogen) atoms. The standard InChI is InChI=1S/C32H36N6O7S/c1-46(43,44)37-17-15-36(16-18-37)27-19-28(38(20-27)31(40)24-9-7-23(8-10-24)29(33)35-42)30(39)34-26-13-11-25(12-14-26)32(41)45-21-22-5-3-2-4-6-22/h2-14,27-28,42H,15-21H2,1H3,(H2,33,35)(H,34,39)/t27-,28-/m0/s1. The lowest BCUT2D eigenvalue weighted by Crippen LogP contribution is -2.52. The van der Waals surface area contributed by atoms with Crippen LogP contribution in [-0.2, 0) is 26.2 Å². The highest BCUT2D eigenvalue weighted by Gasteiger charge is 2.43. The van der Waals surface area contributed by atoms with Crippen molar-refractivity contribution in [3.8, 4) is 0 Å². The van der Waals surface area contributed by atoms with Crippen molar-refractivity contribution in [2.45, 2.75) is 25.1 Å². The Kier molecular flexibility index (Phi) is 9.99. The van der Waals surface area contributed by atoms with Crippen molar-refractivity contribution < 1.29 is 32.7 Å². The number of sulfonamides is 1. The van der Waals surface area contributed by atoms with Gasteiger partial charge in [0.2, 0.25) is 15.9 Å². The van der Waals surface area contributed by atoms with Crippen LogP contribution in [0, 0.1) is 0 Å². The number of nitrogens with zero attached hydrogens (tertiary/aromatic N) is 4. The molecule has 2 atom stereocenters. The maximum Gasteiger partial charge on any atom is 0.338 e. The molecule has 2 aliphatic heterocycles. The van der Waals surface area contributed by atoms with Gasteiger partial charge in [-0.25, -0.2) is 13.2 Å². The average Bonchev–Trinajstić information content (AvgIpc) is 3.53. The Morgan fingerprint density at radius 3 is 2.13 bits per heavy atom. The Morgan fingerprint density at radius 1 is 0.913 bits per heavy atom. The van der Waals surface area contributed by atoms with Gasteiger partial charge in [0.25, 0.3) is 5.91 Å². The third-order valence-corrected chi connectivity index (χ3v) is 9.54. The van der Waals surface area contributed by atoms with Gasteiger partial charge in [0.05, 0.1) is 11.8 Å². The van der Waals surface area contributed by atoms with Crippen LogP contribution in [0.3, 0.4) is 0 Å². The van der Waals surface area contributed by atoms with Crippen LogP contribution in [0.15, 0.2) is 84.0 Å². The molecular weight excluding hydrogens is 612 g/mol. The van der Waals surface area contributed by atoms with E-state index in [9.17, 15) is 22.8 Å². The van der Waals surface area contributed by atoms with Crippen LogP contribution < -0.4 is 11.1 Å². The number of carbonyl (C=O) groups is 3. The second kappa shape index (κ2) is 14.1. The Labute approximate surface area is 267 Å². The highest BCUT2D eigenvalue weighted by molar-refractivity contribution is 7.88. The number of oxime groups is 1. The molecule has 3 aromatic carbocycles. The topological polar surface area (TPSA) is 175 Å². The molecule has 2 heterocycles. The van der Waals surface area contributed by atoms with Gasteiger partial charge in [0, 0.05) is 55.6 Å². The molecule has 2 amide bonds. The molecule has 0 saturated carbocycles. The van der Waals surface area contributed by atoms with Gasteiger partial charge < -0.3 is 25.9 Å². The van der Waals surface area contributed by atoms with Crippen LogP contribution in [0.4, 0.5) is 5.69 Å². The quantitative estimate of drug-likeness (QED) is 0.103. The molecule has 0 spiro atoms. The molecule has 0 bridgehead atoms. The Bertz CT molecular complexity index is 1690. The monoisotopic (exact) mass is 648 g/mol. The summed E-state index contributed by atoms with van der Waals surface area (Å²) in [5, 5.41) is 14.8. The summed E-state index contributed by atoms with van der Waals surface area (Å²) in [4.78, 5) is 43.6. The van der Waals surface area contributed by atoms with Crippen LogP contribution >= 0.6 is 0 Å². The molecule has 2 fully saturated rings. The van der Waals surface area contributed by atoms with Gasteiger partial charge >= 0.3 is 5.97 Å². The lowest BCUT2D eigenvalue weighted by atomic mass is 10.1. The second-order valence-electron chi connectivity index (χ2n) is 11.3. The summed E-state index contributed by atoms with van der Waals surface area (Å²) in [6.45, 7) is 2.02. The summed E-state index contributed by atoms with van der Waals surface area (Å²) in [7, 11) is -3.31. The summed E-state index contributed by atoms with van der Waals surface area (Å²) in [6.07, 6.45) is 1.53. The number of benzene rings is 3. The molecular formula is C32H36N6O7S. The number of anilines is 1. The summed E-state index contributed by atoms with van der Waals surface area (Å²) in [5.41, 5.74) is 8.06. The third-order valence-electron chi connectivity index (χ3n) is 8.24. The fourth-order valence-corrected chi connectivity index (χ4v) is 6.51. The first kappa shape index (κ1) is 32.6. The molecule has 2 saturated heterocycles. The molecule has 5 rings (SSSR count). The van der Waals surface area contributed by atoms with E-state index in [-0.39, 0.29) is 30.9 Å². The maximum absolute atomic E-state index is 13.7. The van der Waals surface area contributed by atoms with E-state index in [4.69, 9.17) is 15.7 Å². The van der Waals surface area contributed by atoms with Crippen molar-refractivity contribution in [1.29, 1.82) is 0 Å². The van der Waals surface area contributed by atoms with E-state index in [1.807, 2.05) is 30.3 Å². The molecule has 242 valence electrons. The third kappa shape index (κ3) is 7.70. The Hall–Kier alpha value is -4.79. The first-order valence-electron chi connectivity index (χ1n) is 14.7. The largest absolute Gasteiger partial charge is 0.457 e. The van der Waals surface area contributed by atoms with Crippen LogP contribution in [0.25, 0.3) is 0 Å². The van der Waals surface area contributed by atoms with Gasteiger partial charge in [0.1, 0.15) is 12.6 Å². The van der Waals surface area contributed by atoms with E-state index in [1.165, 1.54) is 15.5 Å². The predicted octanol–water partition coefficient (Wildman–Crippen LogP) is 1.94. The molecule has 13 nitrogen and oxygen atoms in total. The molecule has 4 N–H and O–H groups in total. The van der Waals surface area contributed by atoms with Crippen molar-refractivity contribution in [1.82, 2.24) is 14.1 Å². The van der Waals surface area contributed by atoms with Crippen LogP contribution in [-0.4, -0.2) is 102 Å². The van der Waals surface area contributed by atoms with E-state index >= 15 is 0 Å². The lowest BCUT2D eigenvalue weighted by molar-refractivity contribution is -0.119. The minimum absolute atomic E-state index is 0.0961. The number of piperazine rings is 1. The Morgan fingerprint density at radius 2 is 1.52 bits per heavy atom. The highest BCUT2D eigenvalue weighted by atomic mass is 32.2. The van der Waals surface area contributed by atoms with Crippen molar-refractivity contribution in [3.63, 3.8) is 0 Å². The summed E-state index contributed by atoms with van der Waals surface area (Å²) in [5.74, 6) is -1.34. The molecule has 14 heteroatoms. The Balaban J connectivity index is 1.28. The van der Waals surface area contributed by atoms with Gasteiger partial charge in [-0.05, 0) is 48.4 Å². The van der Waals surface area contributed by atoms with Crippen LogP contribution in [0.1, 0.15) is 38.3 Å². The molecule has 0 aliphatic carbocycles. The van der Waals surface area contributed by atoms with E-state index < -0.39 is 27.9 Å². The minimum Gasteiger partial charge on any atom is -0.457 e. The first-order valence-corrected chi connectivity index (χ1v) is 16.6. The molecule has 2 aliphatic rings. The molecule has 0 radical (unpaired) electrons. The number of nitrogens with one attached hydrogen (secondary N) is 1. The number of rotatable bonds is 9. The number of hydrogen-bond acceptors (Lipinski definition) is 9. The number of nitrogens with two attached hydrogens (primary N) is 1. The molecule has 0 unspecified atom stereocenters. The maximum atomic E-state index is 13.7. The number of hydrogen-bond donors (Lipinski definition) is 3. The smallest absolute Gasteiger partial charge is 0.338 e. The van der Waals surface area contributed by atoms with Gasteiger partial charge in [-0.15, -0.1) is 0 Å². The number of esters is 1. The second-order valence-corrected chi connectivity index (χ2v) is 13.2. The first-order chi connectivity index (χ1) is 22.0. The normalized spacial score (nSPS) is 19.5. The fourth-order valence-electron chi connectivity index (χ4n) is 5.68. The van der Waals surface area contributed by atoms with Crippen LogP contribution in [0.5, 0.6) is 0 Å². The average molecular weight is 649 g/mol. The summed E-state index contributed by atoms with van der Waals surface area (Å²) in [6, 6.07) is 20.9. The zero-order valence-electron chi connectivity index (χ0n) is 25.3. The number of ether oxygens (including phenoxy) is 1. The zero-order valence-corrected chi connectivity index (χ0v) is 26.1. The number of carbonyl (C=O) groups excluding carboxylic acids is 3. The lowest BCUT2D eigenvalue weighted by Gasteiger charge is -2.36. The van der Waals surface area contributed by atoms with E-state index in [1.54, 1.807) is 48.5 Å². The highest BCUT2D eigenvalue weighted by Crippen LogP contribution is 2.27. The van der Waals surface area contributed by atoms with E-state index in [0.29, 0.717) is 55.0 Å². The number of likely N-dealkylation sites (tertiary alicyclic amines) is 1. The van der Waals surface area contributed by atoms with Crippen LogP contribution in [0.2, 0.25) is 0 Å². The minimum atomic E-state index is -3.31. The van der Waals surface area contributed by atoms with E-state index in [2.05, 4.69) is 15.4 Å². The van der Waals surface area contributed by atoms with Crippen molar-refractivity contribution in [3.05, 3.63) is 101 Å². The summed E-state index contributed by atoms with van der Waals surface area (Å²) >= 11 is 0. The predicted molar refractivity (Wildman–Crippen MR) is 171 cm³/mol.